The van der Waals surface area contributed by atoms with Crippen LogP contribution < -0.4 is 10.9 Å². The number of carbonyl (C=O) groups excluding carboxylic acids is 2. The first-order valence-corrected chi connectivity index (χ1v) is 11.2. The van der Waals surface area contributed by atoms with Gasteiger partial charge in [-0.15, -0.1) is 0 Å². The van der Waals surface area contributed by atoms with E-state index in [0.717, 1.165) is 5.56 Å². The maximum Gasteiger partial charge on any atom is 0.351 e. The van der Waals surface area contributed by atoms with Crippen molar-refractivity contribution >= 4 is 28.7 Å². The Morgan fingerprint density at radius 1 is 0.865 bits per heavy atom. The number of nitrogens with zero attached hydrogens (tertiary/aromatic N) is 1. The van der Waals surface area contributed by atoms with Crippen molar-refractivity contribution in [1.29, 1.82) is 5.26 Å². The van der Waals surface area contributed by atoms with Crippen molar-refractivity contribution < 1.29 is 23.2 Å². The Kier molecular flexibility index (Phi) is 6.34. The molecule has 0 unspecified atom stereocenters. The number of nitriles is 1. The van der Waals surface area contributed by atoms with Gasteiger partial charge in [0.05, 0.1) is 0 Å². The maximum absolute atomic E-state index is 12.6. The number of para-hydroxylation sites is 1. The van der Waals surface area contributed by atoms with Crippen LogP contribution in [0.4, 0.5) is 5.88 Å². The standard InChI is InChI=1S/C29H18N2O6/c30-16-22-25(18-9-3-1-4-10-18)26(19-11-5-2-6-12-19)37-27(22)31-24(32)17-35-28(33)21-15-20-13-7-8-14-23(20)36-29(21)34/h1-15H,17H2,(H,31,32). The van der Waals surface area contributed by atoms with Crippen LogP contribution >= 0.6 is 0 Å². The van der Waals surface area contributed by atoms with Crippen LogP contribution in [0.25, 0.3) is 33.4 Å². The van der Waals surface area contributed by atoms with Crippen LogP contribution in [-0.2, 0) is 9.53 Å². The molecule has 5 rings (SSSR count). The first-order chi connectivity index (χ1) is 18.0. The molecular formula is C29H18N2O6. The van der Waals surface area contributed by atoms with Gasteiger partial charge < -0.3 is 13.6 Å². The summed E-state index contributed by atoms with van der Waals surface area (Å²) in [6.07, 6.45) is 0. The van der Waals surface area contributed by atoms with Gasteiger partial charge in [0.25, 0.3) is 5.91 Å². The Morgan fingerprint density at radius 2 is 1.51 bits per heavy atom. The Morgan fingerprint density at radius 3 is 2.22 bits per heavy atom. The van der Waals surface area contributed by atoms with Gasteiger partial charge in [0.2, 0.25) is 5.88 Å². The lowest BCUT2D eigenvalue weighted by atomic mass is 9.98. The molecule has 3 aromatic carbocycles. The number of benzene rings is 3. The molecule has 0 saturated carbocycles. The predicted octanol–water partition coefficient (Wildman–Crippen LogP) is 5.39. The molecule has 8 heteroatoms. The minimum absolute atomic E-state index is 0.0773. The number of rotatable bonds is 6. The minimum atomic E-state index is -1.01. The first-order valence-electron chi connectivity index (χ1n) is 11.2. The Labute approximate surface area is 210 Å². The summed E-state index contributed by atoms with van der Waals surface area (Å²) in [5.41, 5.74) is 1.22. The van der Waals surface area contributed by atoms with E-state index in [2.05, 4.69) is 11.4 Å². The van der Waals surface area contributed by atoms with E-state index in [1.807, 2.05) is 60.7 Å². The molecule has 0 aliphatic heterocycles. The molecule has 1 amide bonds. The van der Waals surface area contributed by atoms with Crippen LogP contribution in [0.15, 0.2) is 105 Å². The van der Waals surface area contributed by atoms with Gasteiger partial charge in [-0.3, -0.25) is 10.1 Å². The molecule has 0 saturated heterocycles. The summed E-state index contributed by atoms with van der Waals surface area (Å²) < 4.78 is 16.1. The Bertz CT molecular complexity index is 1710. The predicted molar refractivity (Wildman–Crippen MR) is 136 cm³/mol. The highest BCUT2D eigenvalue weighted by molar-refractivity contribution is 5.98. The third-order valence-electron chi connectivity index (χ3n) is 5.57. The van der Waals surface area contributed by atoms with Crippen LogP contribution in [0.5, 0.6) is 0 Å². The zero-order valence-corrected chi connectivity index (χ0v) is 19.3. The van der Waals surface area contributed by atoms with E-state index in [0.29, 0.717) is 27.9 Å². The number of fused-ring (bicyclic) bond motifs is 1. The normalized spacial score (nSPS) is 10.6. The lowest BCUT2D eigenvalue weighted by molar-refractivity contribution is -0.119. The summed E-state index contributed by atoms with van der Waals surface area (Å²) in [5.74, 6) is -1.43. The molecule has 0 radical (unpaired) electrons. The van der Waals surface area contributed by atoms with Gasteiger partial charge in [-0.2, -0.15) is 5.26 Å². The van der Waals surface area contributed by atoms with Crippen molar-refractivity contribution in [2.45, 2.75) is 0 Å². The van der Waals surface area contributed by atoms with Crippen molar-refractivity contribution in [3.63, 3.8) is 0 Å². The summed E-state index contributed by atoms with van der Waals surface area (Å²) in [6.45, 7) is -0.710. The van der Waals surface area contributed by atoms with Gasteiger partial charge in [-0.25, -0.2) is 9.59 Å². The lowest BCUT2D eigenvalue weighted by Crippen LogP contribution is -2.23. The fourth-order valence-corrected chi connectivity index (χ4v) is 3.87. The molecule has 5 aromatic rings. The number of amides is 1. The number of nitrogens with one attached hydrogen (secondary N) is 1. The number of anilines is 1. The SMILES string of the molecule is N#Cc1c(NC(=O)COC(=O)c2cc3ccccc3oc2=O)oc(-c2ccccc2)c1-c1ccccc1. The number of hydrogen-bond acceptors (Lipinski definition) is 7. The number of ether oxygens (including phenoxy) is 1. The van der Waals surface area contributed by atoms with Gasteiger partial charge in [0.1, 0.15) is 28.5 Å². The van der Waals surface area contributed by atoms with Crippen LogP contribution in [0.1, 0.15) is 15.9 Å². The Balaban J connectivity index is 1.39. The van der Waals surface area contributed by atoms with Crippen LogP contribution in [0, 0.1) is 11.3 Å². The van der Waals surface area contributed by atoms with Crippen LogP contribution in [0.2, 0.25) is 0 Å². The second-order valence-electron chi connectivity index (χ2n) is 7.96. The van der Waals surface area contributed by atoms with E-state index >= 15 is 0 Å². The van der Waals surface area contributed by atoms with E-state index in [-0.39, 0.29) is 17.0 Å². The molecule has 180 valence electrons. The molecule has 37 heavy (non-hydrogen) atoms. The average molecular weight is 490 g/mol. The molecule has 0 aliphatic carbocycles. The van der Waals surface area contributed by atoms with E-state index in [9.17, 15) is 19.6 Å². The van der Waals surface area contributed by atoms with Crippen molar-refractivity contribution in [3.05, 3.63) is 113 Å². The summed E-state index contributed by atoms with van der Waals surface area (Å²) in [7, 11) is 0. The van der Waals surface area contributed by atoms with Crippen LogP contribution in [-0.4, -0.2) is 18.5 Å². The van der Waals surface area contributed by atoms with Crippen molar-refractivity contribution in [1.82, 2.24) is 0 Å². The molecule has 0 fully saturated rings. The quantitative estimate of drug-likeness (QED) is 0.250. The molecule has 0 bridgehead atoms. The summed E-state index contributed by atoms with van der Waals surface area (Å²) in [6, 6.07) is 28.5. The molecular weight excluding hydrogens is 472 g/mol. The molecule has 0 atom stereocenters. The van der Waals surface area contributed by atoms with E-state index < -0.39 is 24.1 Å². The van der Waals surface area contributed by atoms with Crippen molar-refractivity contribution in [3.8, 4) is 28.5 Å². The monoisotopic (exact) mass is 490 g/mol. The zero-order chi connectivity index (χ0) is 25.8. The summed E-state index contributed by atoms with van der Waals surface area (Å²) >= 11 is 0. The minimum Gasteiger partial charge on any atom is -0.452 e. The molecule has 0 aliphatic rings. The third kappa shape index (κ3) is 4.74. The highest BCUT2D eigenvalue weighted by atomic mass is 16.5. The number of furan rings is 1. The second-order valence-corrected chi connectivity index (χ2v) is 7.96. The molecule has 0 spiro atoms. The summed E-state index contributed by atoms with van der Waals surface area (Å²) in [5, 5.41) is 13.0. The number of carbonyl (C=O) groups is 2. The van der Waals surface area contributed by atoms with E-state index in [1.54, 1.807) is 24.3 Å². The molecule has 1 N–H and O–H groups in total. The first kappa shape index (κ1) is 23.3. The van der Waals surface area contributed by atoms with Gasteiger partial charge in [-0.1, -0.05) is 78.9 Å². The smallest absolute Gasteiger partial charge is 0.351 e. The highest BCUT2D eigenvalue weighted by Crippen LogP contribution is 2.41. The Hall–Kier alpha value is -5.42. The highest BCUT2D eigenvalue weighted by Gasteiger charge is 2.25. The average Bonchev–Trinajstić information content (AvgIpc) is 3.30. The van der Waals surface area contributed by atoms with Crippen LogP contribution in [0.3, 0.4) is 0 Å². The van der Waals surface area contributed by atoms with Crippen molar-refractivity contribution in [2.24, 2.45) is 0 Å². The maximum atomic E-state index is 12.6. The van der Waals surface area contributed by atoms with E-state index in [1.165, 1.54) is 6.07 Å². The van der Waals surface area contributed by atoms with Gasteiger partial charge >= 0.3 is 11.6 Å². The lowest BCUT2D eigenvalue weighted by Gasteiger charge is -2.05. The number of hydrogen-bond donors (Lipinski definition) is 1. The zero-order valence-electron chi connectivity index (χ0n) is 19.3. The summed E-state index contributed by atoms with van der Waals surface area (Å²) in [4.78, 5) is 37.3. The van der Waals surface area contributed by atoms with E-state index in [4.69, 9.17) is 13.6 Å². The van der Waals surface area contributed by atoms with Crippen molar-refractivity contribution in [2.75, 3.05) is 11.9 Å². The topological polar surface area (TPSA) is 123 Å². The third-order valence-corrected chi connectivity index (χ3v) is 5.57. The van der Waals surface area contributed by atoms with Gasteiger partial charge in [0.15, 0.2) is 6.61 Å². The van der Waals surface area contributed by atoms with Gasteiger partial charge in [0, 0.05) is 16.5 Å². The number of esters is 1. The molecule has 2 aromatic heterocycles. The van der Waals surface area contributed by atoms with Gasteiger partial charge in [-0.05, 0) is 17.7 Å². The fraction of sp³-hybridized carbons (Fsp3) is 0.0345. The molecule has 2 heterocycles. The molecule has 8 nitrogen and oxygen atoms in total. The largest absolute Gasteiger partial charge is 0.452 e. The second kappa shape index (κ2) is 10.1. The fourth-order valence-electron chi connectivity index (χ4n) is 3.87.